The summed E-state index contributed by atoms with van der Waals surface area (Å²) in [7, 11) is 1.97. The highest BCUT2D eigenvalue weighted by Gasteiger charge is 2.17. The second kappa shape index (κ2) is 5.84. The van der Waals surface area contributed by atoms with Crippen LogP contribution in [-0.4, -0.2) is 21.6 Å². The van der Waals surface area contributed by atoms with Gasteiger partial charge in [-0.25, -0.2) is 0 Å². The maximum atomic E-state index is 4.16. The number of likely N-dealkylation sites (N-methyl/N-ethyl adjacent to an activating group) is 1. The molecule has 0 spiro atoms. The summed E-state index contributed by atoms with van der Waals surface area (Å²) in [5, 5.41) is 7.49. The quantitative estimate of drug-likeness (QED) is 0.879. The molecular weight excluding hydrogens is 232 g/mol. The molecule has 0 amide bonds. The molecule has 0 radical (unpaired) electrons. The summed E-state index contributed by atoms with van der Waals surface area (Å²) >= 11 is 1.48. The average molecular weight is 248 g/mol. The molecule has 1 atom stereocenters. The second-order valence-electron chi connectivity index (χ2n) is 3.84. The standard InChI is InChI=1S/C12H16N4S/c1-3-10-12(17-16-15-10)11(13-2)7-9-5-4-6-14-8-9/h4-6,8,11,13H,3,7H2,1-2H3. The Hall–Kier alpha value is -1.33. The van der Waals surface area contributed by atoms with Crippen molar-refractivity contribution in [2.75, 3.05) is 7.05 Å². The summed E-state index contributed by atoms with van der Waals surface area (Å²) in [6.45, 7) is 2.11. The van der Waals surface area contributed by atoms with Crippen LogP contribution in [0.2, 0.25) is 0 Å². The van der Waals surface area contributed by atoms with Gasteiger partial charge in [-0.15, -0.1) is 5.10 Å². The summed E-state index contributed by atoms with van der Waals surface area (Å²) < 4.78 is 4.04. The van der Waals surface area contributed by atoms with Gasteiger partial charge in [0.25, 0.3) is 0 Å². The molecule has 2 aromatic rings. The first-order valence-corrected chi connectivity index (χ1v) is 6.49. The molecule has 2 heterocycles. The van der Waals surface area contributed by atoms with E-state index in [1.54, 1.807) is 6.20 Å². The van der Waals surface area contributed by atoms with Crippen molar-refractivity contribution in [1.29, 1.82) is 0 Å². The van der Waals surface area contributed by atoms with E-state index < -0.39 is 0 Å². The number of aryl methyl sites for hydroxylation is 1. The van der Waals surface area contributed by atoms with Crippen molar-refractivity contribution in [2.24, 2.45) is 0 Å². The van der Waals surface area contributed by atoms with E-state index in [1.807, 2.05) is 19.3 Å². The van der Waals surface area contributed by atoms with Crippen LogP contribution in [0.3, 0.4) is 0 Å². The van der Waals surface area contributed by atoms with Crippen LogP contribution in [0.5, 0.6) is 0 Å². The van der Waals surface area contributed by atoms with E-state index in [-0.39, 0.29) is 6.04 Å². The van der Waals surface area contributed by atoms with Crippen LogP contribution in [0.25, 0.3) is 0 Å². The minimum absolute atomic E-state index is 0.272. The van der Waals surface area contributed by atoms with Crippen molar-refractivity contribution in [3.05, 3.63) is 40.7 Å². The van der Waals surface area contributed by atoms with Crippen molar-refractivity contribution in [1.82, 2.24) is 19.9 Å². The molecule has 17 heavy (non-hydrogen) atoms. The number of aromatic nitrogens is 3. The Balaban J connectivity index is 2.17. The van der Waals surface area contributed by atoms with Gasteiger partial charge in [-0.2, -0.15) is 0 Å². The van der Waals surface area contributed by atoms with Gasteiger partial charge in [-0.3, -0.25) is 4.98 Å². The fourth-order valence-electron chi connectivity index (χ4n) is 1.81. The van der Waals surface area contributed by atoms with E-state index in [9.17, 15) is 0 Å². The first kappa shape index (κ1) is 12.1. The molecule has 2 rings (SSSR count). The Morgan fingerprint density at radius 1 is 1.47 bits per heavy atom. The zero-order chi connectivity index (χ0) is 12.1. The lowest BCUT2D eigenvalue weighted by Gasteiger charge is -2.14. The van der Waals surface area contributed by atoms with Gasteiger partial charge in [0, 0.05) is 18.4 Å². The molecule has 5 heteroatoms. The summed E-state index contributed by atoms with van der Waals surface area (Å²) in [6, 6.07) is 4.33. The Kier molecular flexibility index (Phi) is 4.17. The predicted molar refractivity (Wildman–Crippen MR) is 69.0 cm³/mol. The molecule has 90 valence electrons. The molecule has 0 saturated carbocycles. The number of pyridine rings is 1. The number of hydrogen-bond acceptors (Lipinski definition) is 5. The number of nitrogens with one attached hydrogen (secondary N) is 1. The van der Waals surface area contributed by atoms with Crippen LogP contribution in [0.1, 0.15) is 29.1 Å². The summed E-state index contributed by atoms with van der Waals surface area (Å²) in [6.07, 6.45) is 5.55. The van der Waals surface area contributed by atoms with Crippen molar-refractivity contribution in [3.63, 3.8) is 0 Å². The van der Waals surface area contributed by atoms with Crippen molar-refractivity contribution < 1.29 is 0 Å². The maximum Gasteiger partial charge on any atom is 0.0801 e. The predicted octanol–water partition coefficient (Wildman–Crippen LogP) is 2.00. The van der Waals surface area contributed by atoms with E-state index in [1.165, 1.54) is 22.0 Å². The van der Waals surface area contributed by atoms with Crippen LogP contribution in [0.15, 0.2) is 24.5 Å². The SMILES string of the molecule is CCc1nnsc1C(Cc1cccnc1)NC. The molecule has 1 N–H and O–H groups in total. The van der Waals surface area contributed by atoms with Crippen molar-refractivity contribution >= 4 is 11.5 Å². The van der Waals surface area contributed by atoms with Crippen LogP contribution < -0.4 is 5.32 Å². The molecule has 0 fully saturated rings. The van der Waals surface area contributed by atoms with Crippen molar-refractivity contribution in [2.45, 2.75) is 25.8 Å². The lowest BCUT2D eigenvalue weighted by molar-refractivity contribution is 0.594. The van der Waals surface area contributed by atoms with Gasteiger partial charge in [0.15, 0.2) is 0 Å². The average Bonchev–Trinajstić information content (AvgIpc) is 2.85. The van der Waals surface area contributed by atoms with Crippen LogP contribution in [0, 0.1) is 0 Å². The van der Waals surface area contributed by atoms with Crippen LogP contribution in [0.4, 0.5) is 0 Å². The van der Waals surface area contributed by atoms with Gasteiger partial charge >= 0.3 is 0 Å². The van der Waals surface area contributed by atoms with Gasteiger partial charge < -0.3 is 5.32 Å². The van der Waals surface area contributed by atoms with Gasteiger partial charge in [0.2, 0.25) is 0 Å². The molecule has 0 bridgehead atoms. The maximum absolute atomic E-state index is 4.16. The zero-order valence-electron chi connectivity index (χ0n) is 10.1. The number of nitrogens with zero attached hydrogens (tertiary/aromatic N) is 3. The molecule has 0 aliphatic heterocycles. The molecule has 0 aliphatic carbocycles. The normalized spacial score (nSPS) is 12.6. The van der Waals surface area contributed by atoms with Gasteiger partial charge in [0.05, 0.1) is 10.6 Å². The summed E-state index contributed by atoms with van der Waals surface area (Å²) in [5.41, 5.74) is 2.32. The lowest BCUT2D eigenvalue weighted by atomic mass is 10.0. The molecule has 0 aromatic carbocycles. The fraction of sp³-hybridized carbons (Fsp3) is 0.417. The minimum Gasteiger partial charge on any atom is -0.312 e. The Bertz CT molecular complexity index is 455. The first-order valence-electron chi connectivity index (χ1n) is 5.72. The van der Waals surface area contributed by atoms with E-state index >= 15 is 0 Å². The van der Waals surface area contributed by atoms with Crippen LogP contribution >= 0.6 is 11.5 Å². The van der Waals surface area contributed by atoms with Crippen LogP contribution in [-0.2, 0) is 12.8 Å². The molecule has 0 saturated heterocycles. The largest absolute Gasteiger partial charge is 0.312 e. The lowest BCUT2D eigenvalue weighted by Crippen LogP contribution is -2.19. The molecule has 0 aliphatic rings. The Morgan fingerprint density at radius 3 is 3.00 bits per heavy atom. The first-order chi connectivity index (χ1) is 8.35. The van der Waals surface area contributed by atoms with Gasteiger partial charge in [0.1, 0.15) is 0 Å². The Morgan fingerprint density at radius 2 is 2.35 bits per heavy atom. The Labute approximate surface area is 105 Å². The topological polar surface area (TPSA) is 50.7 Å². The highest BCUT2D eigenvalue weighted by molar-refractivity contribution is 7.05. The third kappa shape index (κ3) is 2.87. The summed E-state index contributed by atoms with van der Waals surface area (Å²) in [5.74, 6) is 0. The third-order valence-electron chi connectivity index (χ3n) is 2.75. The second-order valence-corrected chi connectivity index (χ2v) is 4.63. The molecular formula is C12H16N4S. The molecule has 2 aromatic heterocycles. The number of rotatable bonds is 5. The zero-order valence-corrected chi connectivity index (χ0v) is 10.9. The molecule has 1 unspecified atom stereocenters. The highest BCUT2D eigenvalue weighted by atomic mass is 32.1. The minimum atomic E-state index is 0.272. The smallest absolute Gasteiger partial charge is 0.0801 e. The van der Waals surface area contributed by atoms with Gasteiger partial charge in [-0.1, -0.05) is 17.5 Å². The number of hydrogen-bond donors (Lipinski definition) is 1. The van der Waals surface area contributed by atoms with E-state index in [2.05, 4.69) is 32.9 Å². The summed E-state index contributed by atoms with van der Waals surface area (Å²) in [4.78, 5) is 5.38. The van der Waals surface area contributed by atoms with E-state index in [0.717, 1.165) is 18.5 Å². The van der Waals surface area contributed by atoms with E-state index in [4.69, 9.17) is 0 Å². The fourth-order valence-corrected chi connectivity index (χ4v) is 2.65. The monoisotopic (exact) mass is 248 g/mol. The molecule has 4 nitrogen and oxygen atoms in total. The highest BCUT2D eigenvalue weighted by Crippen LogP contribution is 2.23. The third-order valence-corrected chi connectivity index (χ3v) is 3.63. The van der Waals surface area contributed by atoms with Crippen molar-refractivity contribution in [3.8, 4) is 0 Å². The van der Waals surface area contributed by atoms with E-state index in [0.29, 0.717) is 0 Å². The van der Waals surface area contributed by atoms with Gasteiger partial charge in [-0.05, 0) is 43.1 Å².